The van der Waals surface area contributed by atoms with Crippen LogP contribution >= 0.6 is 0 Å². The Kier molecular flexibility index (Phi) is 15.0. The lowest BCUT2D eigenvalue weighted by molar-refractivity contribution is 0.867. The molecule has 0 amide bonds. The lowest BCUT2D eigenvalue weighted by Crippen LogP contribution is -1.92. The molecule has 0 spiro atoms. The molecule has 0 saturated heterocycles. The normalized spacial score (nSPS) is 11.9. The second kappa shape index (κ2) is 23.9. The zero-order valence-electron chi connectivity index (χ0n) is 53.6. The van der Waals surface area contributed by atoms with E-state index in [1.54, 1.807) is 0 Å². The SMILES string of the molecule is CC(C)c1ccc(-c2c3nc(c(-c4ccc(C(C)C)cc4)c4ccc([nH]4)c(-c4ccc(C(C)C)cc4)c4nc(c(-c5ccc(C(C)C)cc5)c5ccc2[nH]5)-c2cc(-c5ccccc5)c(-c5ccccc5)cc2-4)-c2cc(-c4ccccc4)c(-c4ccccc4)cc2-3)cc1. The maximum Gasteiger partial charge on any atom is 0.0816 e. The predicted octanol–water partition coefficient (Wildman–Crippen LogP) is 24.8. The molecule has 2 N–H and O–H groups in total. The van der Waals surface area contributed by atoms with E-state index in [0.717, 1.165) is 156 Å². The van der Waals surface area contributed by atoms with Crippen LogP contribution in [0.4, 0.5) is 0 Å². The molecule has 446 valence electrons. The van der Waals surface area contributed by atoms with E-state index < -0.39 is 0 Å². The molecule has 92 heavy (non-hydrogen) atoms. The highest BCUT2D eigenvalue weighted by molar-refractivity contribution is 6.10. The fourth-order valence-corrected chi connectivity index (χ4v) is 13.8. The summed E-state index contributed by atoms with van der Waals surface area (Å²) in [6, 6.07) is 99.2. The maximum atomic E-state index is 6.19. The summed E-state index contributed by atoms with van der Waals surface area (Å²) in [5.41, 5.74) is 34.2. The van der Waals surface area contributed by atoms with Crippen molar-refractivity contribution in [3.63, 3.8) is 0 Å². The molecule has 0 unspecified atom stereocenters. The summed E-state index contributed by atoms with van der Waals surface area (Å²) in [4.78, 5) is 20.8. The van der Waals surface area contributed by atoms with Crippen molar-refractivity contribution in [1.29, 1.82) is 0 Å². The minimum Gasteiger partial charge on any atom is -0.354 e. The quantitative estimate of drug-likeness (QED) is 0.128. The van der Waals surface area contributed by atoms with Gasteiger partial charge in [-0.05, 0) is 161 Å². The molecule has 0 saturated carbocycles. The summed E-state index contributed by atoms with van der Waals surface area (Å²) in [6.45, 7) is 18.1. The first-order valence-electron chi connectivity index (χ1n) is 32.7. The zero-order chi connectivity index (χ0) is 62.7. The summed E-state index contributed by atoms with van der Waals surface area (Å²) < 4.78 is 0. The first kappa shape index (κ1) is 57.7. The van der Waals surface area contributed by atoms with Crippen LogP contribution in [0.25, 0.3) is 156 Å². The van der Waals surface area contributed by atoms with Crippen LogP contribution in [-0.2, 0) is 0 Å². The number of aromatic nitrogens is 4. The third-order valence-electron chi connectivity index (χ3n) is 19.0. The molecule has 15 rings (SSSR count). The topological polar surface area (TPSA) is 57.4 Å². The second-order valence-electron chi connectivity index (χ2n) is 26.1. The highest BCUT2D eigenvalue weighted by Gasteiger charge is 2.31. The molecule has 0 atom stereocenters. The van der Waals surface area contributed by atoms with Crippen molar-refractivity contribution in [1.82, 2.24) is 19.9 Å². The van der Waals surface area contributed by atoms with E-state index in [2.05, 4.69) is 332 Å². The van der Waals surface area contributed by atoms with Crippen molar-refractivity contribution in [2.75, 3.05) is 0 Å². The van der Waals surface area contributed by atoms with Crippen LogP contribution in [0.5, 0.6) is 0 Å². The predicted molar refractivity (Wildman–Crippen MR) is 390 cm³/mol. The lowest BCUT2D eigenvalue weighted by Gasteiger charge is -2.16. The van der Waals surface area contributed by atoms with Gasteiger partial charge in [0.2, 0.25) is 0 Å². The Labute approximate surface area is 541 Å². The average Bonchev–Trinajstić information content (AvgIpc) is 1.56. The lowest BCUT2D eigenvalue weighted by atomic mass is 9.86. The highest BCUT2D eigenvalue weighted by atomic mass is 14.8. The molecule has 0 fully saturated rings. The molecule has 4 heteroatoms. The largest absolute Gasteiger partial charge is 0.354 e. The van der Waals surface area contributed by atoms with Crippen LogP contribution in [0.1, 0.15) is 101 Å². The van der Waals surface area contributed by atoms with Gasteiger partial charge in [-0.1, -0.05) is 274 Å². The van der Waals surface area contributed by atoms with Gasteiger partial charge in [0.15, 0.2) is 0 Å². The van der Waals surface area contributed by atoms with Gasteiger partial charge in [-0.25, -0.2) is 9.97 Å². The monoisotopic (exact) mass is 1190 g/mol. The van der Waals surface area contributed by atoms with Crippen LogP contribution in [0.3, 0.4) is 0 Å². The summed E-state index contributed by atoms with van der Waals surface area (Å²) in [5.74, 6) is 1.40. The molecule has 4 nitrogen and oxygen atoms in total. The van der Waals surface area contributed by atoms with Gasteiger partial charge in [0.05, 0.1) is 22.8 Å². The van der Waals surface area contributed by atoms with Crippen LogP contribution in [0, 0.1) is 0 Å². The molecule has 0 aliphatic carbocycles. The molecule has 0 radical (unpaired) electrons. The number of H-pyrrole nitrogens is 2. The van der Waals surface area contributed by atoms with Crippen LogP contribution in [-0.4, -0.2) is 19.9 Å². The van der Waals surface area contributed by atoms with Crippen molar-refractivity contribution in [2.24, 2.45) is 0 Å². The molecule has 10 aromatic carbocycles. The van der Waals surface area contributed by atoms with E-state index in [9.17, 15) is 0 Å². The summed E-state index contributed by atoms with van der Waals surface area (Å²) in [5, 5.41) is 0. The number of hydrogen-bond donors (Lipinski definition) is 2. The number of aromatic amines is 2. The molecular weight excluding hydrogens is 1110 g/mol. The Hall–Kier alpha value is -10.7. The number of benzene rings is 10. The molecule has 2 aliphatic rings. The number of rotatable bonds is 12. The van der Waals surface area contributed by atoms with Gasteiger partial charge in [-0.15, -0.1) is 0 Å². The van der Waals surface area contributed by atoms with Crippen LogP contribution < -0.4 is 0 Å². The van der Waals surface area contributed by atoms with Gasteiger partial charge < -0.3 is 9.97 Å². The molecule has 3 aromatic heterocycles. The van der Waals surface area contributed by atoms with Crippen molar-refractivity contribution in [3.05, 3.63) is 289 Å². The zero-order valence-corrected chi connectivity index (χ0v) is 53.6. The Balaban J connectivity index is 1.18. The van der Waals surface area contributed by atoms with E-state index in [1.807, 2.05) is 0 Å². The van der Waals surface area contributed by atoms with E-state index in [-0.39, 0.29) is 0 Å². The Morgan fingerprint density at radius 2 is 0.402 bits per heavy atom. The number of fused-ring (bicyclic) bond motifs is 14. The third-order valence-corrected chi connectivity index (χ3v) is 19.0. The van der Waals surface area contributed by atoms with Crippen molar-refractivity contribution < 1.29 is 0 Å². The average molecular weight is 1190 g/mol. The molecule has 2 aliphatic heterocycles. The first-order chi connectivity index (χ1) is 44.9. The Morgan fingerprint density at radius 1 is 0.207 bits per heavy atom. The molecule has 5 heterocycles. The highest BCUT2D eigenvalue weighted by Crippen LogP contribution is 2.53. The van der Waals surface area contributed by atoms with Crippen molar-refractivity contribution >= 4 is 22.1 Å². The summed E-state index contributed by atoms with van der Waals surface area (Å²) in [6.07, 6.45) is 0. The van der Waals surface area contributed by atoms with Crippen LogP contribution in [0.15, 0.2) is 267 Å². The molecule has 8 bridgehead atoms. The van der Waals surface area contributed by atoms with E-state index >= 15 is 0 Å². The van der Waals surface area contributed by atoms with E-state index in [0.29, 0.717) is 23.7 Å². The van der Waals surface area contributed by atoms with Gasteiger partial charge in [0.25, 0.3) is 0 Å². The van der Waals surface area contributed by atoms with Crippen molar-refractivity contribution in [3.8, 4) is 134 Å². The van der Waals surface area contributed by atoms with Gasteiger partial charge in [-0.2, -0.15) is 0 Å². The minimum atomic E-state index is 0.349. The smallest absolute Gasteiger partial charge is 0.0816 e. The minimum absolute atomic E-state index is 0.349. The van der Waals surface area contributed by atoms with Gasteiger partial charge in [0, 0.05) is 66.6 Å². The standard InChI is InChI=1S/C88H74N4/c1-53(2)57-29-37-65(38-30-57)81-77-45-46-78(89-77)82(66-39-31-58(32-40-66)54(3)4)87-75-51-71(63-25-17-11-18-26-63)72(64-27-19-12-20-28-64)52-76(75)88(92-87)84(68-43-35-60(36-44-68)56(7)8)80-48-47-79(90-80)83(67-41-33-59(34-42-67)55(5)6)86-74-50-70(62-23-15-10-16-24-62)69(49-73(74)85(81)91-86)61-21-13-9-14-22-61/h9-56,89-90H,1-8H3. The second-order valence-corrected chi connectivity index (χ2v) is 26.1. The third kappa shape index (κ3) is 10.5. The summed E-state index contributed by atoms with van der Waals surface area (Å²) in [7, 11) is 0. The maximum absolute atomic E-state index is 6.19. The molecule has 13 aromatic rings. The van der Waals surface area contributed by atoms with E-state index in [1.165, 1.54) is 22.3 Å². The fourth-order valence-electron chi connectivity index (χ4n) is 13.8. The van der Waals surface area contributed by atoms with Gasteiger partial charge >= 0.3 is 0 Å². The first-order valence-corrected chi connectivity index (χ1v) is 32.7. The van der Waals surface area contributed by atoms with E-state index in [4.69, 9.17) is 9.97 Å². The Morgan fingerprint density at radius 3 is 0.587 bits per heavy atom. The van der Waals surface area contributed by atoms with Crippen LogP contribution in [0.2, 0.25) is 0 Å². The van der Waals surface area contributed by atoms with Crippen molar-refractivity contribution in [2.45, 2.75) is 79.1 Å². The van der Waals surface area contributed by atoms with Gasteiger partial charge in [0.1, 0.15) is 0 Å². The Bertz CT molecular complexity index is 4430. The van der Waals surface area contributed by atoms with Gasteiger partial charge in [-0.3, -0.25) is 0 Å². The number of hydrogen-bond acceptors (Lipinski definition) is 2. The number of nitrogens with zero attached hydrogens (tertiary/aromatic N) is 2. The number of nitrogens with one attached hydrogen (secondary N) is 2. The molecular formula is C88H74N4. The fraction of sp³-hybridized carbons (Fsp3) is 0.136. The summed E-state index contributed by atoms with van der Waals surface area (Å²) >= 11 is 0.